The van der Waals surface area contributed by atoms with Crippen molar-refractivity contribution >= 4 is 0 Å². The molecule has 1 heterocycles. The average molecular weight is 365 g/mol. The minimum atomic E-state index is -0.530. The normalized spacial score (nSPS) is 19.6. The van der Waals surface area contributed by atoms with Crippen molar-refractivity contribution in [3.63, 3.8) is 0 Å². The molecule has 27 heavy (non-hydrogen) atoms. The van der Waals surface area contributed by atoms with Gasteiger partial charge in [0, 0.05) is 18.0 Å². The van der Waals surface area contributed by atoms with Gasteiger partial charge >= 0.3 is 0 Å². The summed E-state index contributed by atoms with van der Waals surface area (Å²) in [6.45, 7) is 2.27. The number of aryl methyl sites for hydroxylation is 1. The van der Waals surface area contributed by atoms with E-state index < -0.39 is 5.82 Å². The van der Waals surface area contributed by atoms with E-state index in [4.69, 9.17) is 5.26 Å². The van der Waals surface area contributed by atoms with Crippen LogP contribution in [0, 0.1) is 29.0 Å². The first-order chi connectivity index (χ1) is 13.2. The summed E-state index contributed by atoms with van der Waals surface area (Å²) in [6, 6.07) is 6.31. The highest BCUT2D eigenvalue weighted by atomic mass is 19.1. The molecule has 1 aromatic heterocycles. The molecule has 0 amide bonds. The Morgan fingerprint density at radius 2 is 1.74 bits per heavy atom. The molecule has 0 radical (unpaired) electrons. The van der Waals surface area contributed by atoms with Crippen LogP contribution in [-0.2, 0) is 6.42 Å². The van der Waals surface area contributed by atoms with Gasteiger partial charge in [0.05, 0.1) is 5.56 Å². The first kappa shape index (κ1) is 19.5. The number of halogens is 1. The first-order valence-electron chi connectivity index (χ1n) is 10.2. The van der Waals surface area contributed by atoms with E-state index >= 15 is 0 Å². The lowest BCUT2D eigenvalue weighted by Gasteiger charge is -2.28. The third-order valence-electron chi connectivity index (χ3n) is 5.83. The maximum absolute atomic E-state index is 13.8. The van der Waals surface area contributed by atoms with Crippen molar-refractivity contribution in [2.24, 2.45) is 11.8 Å². The number of hydrogen-bond donors (Lipinski definition) is 0. The van der Waals surface area contributed by atoms with E-state index in [-0.39, 0.29) is 5.56 Å². The second-order valence-electron chi connectivity index (χ2n) is 7.79. The smallest absolute Gasteiger partial charge is 0.159 e. The lowest BCUT2D eigenvalue weighted by molar-refractivity contribution is 0.250. The van der Waals surface area contributed by atoms with Gasteiger partial charge < -0.3 is 0 Å². The quantitative estimate of drug-likeness (QED) is 0.597. The zero-order chi connectivity index (χ0) is 19.1. The van der Waals surface area contributed by atoms with Gasteiger partial charge in [-0.2, -0.15) is 5.26 Å². The third kappa shape index (κ3) is 5.35. The molecule has 142 valence electrons. The third-order valence-corrected chi connectivity index (χ3v) is 5.83. The number of unbranched alkanes of at least 4 members (excludes halogenated alkanes) is 1. The van der Waals surface area contributed by atoms with Gasteiger partial charge in [-0.05, 0) is 48.4 Å². The molecule has 0 aliphatic heterocycles. The highest BCUT2D eigenvalue weighted by molar-refractivity contribution is 5.56. The Labute approximate surface area is 161 Å². The molecule has 1 aliphatic rings. The van der Waals surface area contributed by atoms with Crippen LogP contribution >= 0.6 is 0 Å². The Kier molecular flexibility index (Phi) is 6.92. The highest BCUT2D eigenvalue weighted by Gasteiger charge is 2.20. The summed E-state index contributed by atoms with van der Waals surface area (Å²) in [5.41, 5.74) is 1.78. The summed E-state index contributed by atoms with van der Waals surface area (Å²) in [5, 5.41) is 8.81. The van der Waals surface area contributed by atoms with Crippen LogP contribution in [0.4, 0.5) is 4.39 Å². The van der Waals surface area contributed by atoms with Gasteiger partial charge in [0.15, 0.2) is 5.82 Å². The Morgan fingerprint density at radius 3 is 2.33 bits per heavy atom. The van der Waals surface area contributed by atoms with Crippen molar-refractivity contribution in [1.29, 1.82) is 5.26 Å². The molecule has 3 nitrogen and oxygen atoms in total. The summed E-state index contributed by atoms with van der Waals surface area (Å²) in [5.74, 6) is 1.75. The number of aromatic nitrogens is 2. The molecule has 1 fully saturated rings. The van der Waals surface area contributed by atoms with E-state index in [9.17, 15) is 4.39 Å². The predicted octanol–water partition coefficient (Wildman–Crippen LogP) is 6.08. The molecule has 0 spiro atoms. The Hall–Kier alpha value is -2.28. The van der Waals surface area contributed by atoms with Crippen molar-refractivity contribution in [2.75, 3.05) is 0 Å². The summed E-state index contributed by atoms with van der Waals surface area (Å²) < 4.78 is 13.8. The first-order valence-corrected chi connectivity index (χ1v) is 10.2. The van der Waals surface area contributed by atoms with Crippen LogP contribution in [-0.4, -0.2) is 9.97 Å². The fourth-order valence-electron chi connectivity index (χ4n) is 4.05. The fraction of sp³-hybridized carbons (Fsp3) is 0.522. The monoisotopic (exact) mass is 365 g/mol. The van der Waals surface area contributed by atoms with Crippen LogP contribution in [0.15, 0.2) is 30.6 Å². The molecular weight excluding hydrogens is 337 g/mol. The molecule has 0 bridgehead atoms. The number of nitrogens with zero attached hydrogens (tertiary/aromatic N) is 3. The van der Waals surface area contributed by atoms with Gasteiger partial charge in [0.1, 0.15) is 11.9 Å². The van der Waals surface area contributed by atoms with E-state index in [0.29, 0.717) is 11.4 Å². The van der Waals surface area contributed by atoms with Crippen molar-refractivity contribution in [1.82, 2.24) is 9.97 Å². The van der Waals surface area contributed by atoms with E-state index in [0.717, 1.165) is 23.8 Å². The Bertz CT molecular complexity index is 771. The van der Waals surface area contributed by atoms with Crippen LogP contribution in [0.25, 0.3) is 11.4 Å². The standard InChI is InChI=1S/C23H28FN3/c1-2-3-4-17-5-7-18(8-6-17)9-10-19-15-26-23(27-16-19)20-11-12-21(14-25)22(24)13-20/h11-13,15-18H,2-10H2,1H3/t17-,18-. The lowest BCUT2D eigenvalue weighted by Crippen LogP contribution is -2.15. The molecule has 2 aromatic rings. The predicted molar refractivity (Wildman–Crippen MR) is 105 cm³/mol. The maximum atomic E-state index is 13.8. The Morgan fingerprint density at radius 1 is 1.07 bits per heavy atom. The number of benzene rings is 1. The van der Waals surface area contributed by atoms with Crippen LogP contribution in [0.1, 0.15) is 69.4 Å². The van der Waals surface area contributed by atoms with Gasteiger partial charge in [-0.15, -0.1) is 0 Å². The molecule has 1 aromatic carbocycles. The molecule has 1 saturated carbocycles. The zero-order valence-electron chi connectivity index (χ0n) is 16.1. The van der Waals surface area contributed by atoms with E-state index in [1.165, 1.54) is 63.5 Å². The molecule has 0 unspecified atom stereocenters. The van der Waals surface area contributed by atoms with Gasteiger partial charge in [0.25, 0.3) is 0 Å². The minimum absolute atomic E-state index is 0.0415. The molecule has 0 saturated heterocycles. The lowest BCUT2D eigenvalue weighted by atomic mass is 9.78. The van der Waals surface area contributed by atoms with Crippen molar-refractivity contribution in [2.45, 2.75) is 64.7 Å². The topological polar surface area (TPSA) is 49.6 Å². The van der Waals surface area contributed by atoms with Gasteiger partial charge in [-0.1, -0.05) is 51.9 Å². The Balaban J connectivity index is 1.50. The summed E-state index contributed by atoms with van der Waals surface area (Å²) in [4.78, 5) is 8.79. The van der Waals surface area contributed by atoms with Crippen molar-refractivity contribution in [3.8, 4) is 17.5 Å². The summed E-state index contributed by atoms with van der Waals surface area (Å²) in [6.07, 6.45) is 15.5. The van der Waals surface area contributed by atoms with Gasteiger partial charge in [0.2, 0.25) is 0 Å². The second kappa shape index (κ2) is 9.60. The second-order valence-corrected chi connectivity index (χ2v) is 7.79. The largest absolute Gasteiger partial charge is 0.236 e. The van der Waals surface area contributed by atoms with Crippen LogP contribution in [0.5, 0.6) is 0 Å². The summed E-state index contributed by atoms with van der Waals surface area (Å²) in [7, 11) is 0. The SMILES string of the molecule is CCCC[C@H]1CC[C@H](CCc2cnc(-c3ccc(C#N)c(F)c3)nc2)CC1. The van der Waals surface area contributed by atoms with E-state index in [1.807, 2.05) is 18.5 Å². The maximum Gasteiger partial charge on any atom is 0.159 e. The van der Waals surface area contributed by atoms with Gasteiger partial charge in [-0.25, -0.2) is 14.4 Å². The minimum Gasteiger partial charge on any atom is -0.236 e. The van der Waals surface area contributed by atoms with Gasteiger partial charge in [-0.3, -0.25) is 0 Å². The fourth-order valence-corrected chi connectivity index (χ4v) is 4.05. The molecule has 3 rings (SSSR count). The van der Waals surface area contributed by atoms with E-state index in [2.05, 4.69) is 16.9 Å². The van der Waals surface area contributed by atoms with Crippen molar-refractivity contribution in [3.05, 3.63) is 47.5 Å². The average Bonchev–Trinajstić information content (AvgIpc) is 2.72. The van der Waals surface area contributed by atoms with Crippen LogP contribution in [0.2, 0.25) is 0 Å². The molecular formula is C23H28FN3. The number of rotatable bonds is 7. The molecule has 0 N–H and O–H groups in total. The van der Waals surface area contributed by atoms with Crippen molar-refractivity contribution < 1.29 is 4.39 Å². The molecule has 0 atom stereocenters. The zero-order valence-corrected chi connectivity index (χ0v) is 16.1. The highest BCUT2D eigenvalue weighted by Crippen LogP contribution is 2.34. The molecule has 1 aliphatic carbocycles. The number of nitriles is 1. The van der Waals surface area contributed by atoms with Crippen LogP contribution < -0.4 is 0 Å². The van der Waals surface area contributed by atoms with E-state index in [1.54, 1.807) is 6.07 Å². The number of hydrogen-bond acceptors (Lipinski definition) is 3. The van der Waals surface area contributed by atoms with Crippen LogP contribution in [0.3, 0.4) is 0 Å². The summed E-state index contributed by atoms with van der Waals surface area (Å²) >= 11 is 0. The molecule has 4 heteroatoms.